The second-order valence-corrected chi connectivity index (χ2v) is 5.17. The van der Waals surface area contributed by atoms with Gasteiger partial charge in [0.15, 0.2) is 0 Å². The van der Waals surface area contributed by atoms with Crippen LogP contribution in [0.1, 0.15) is 32.2 Å². The minimum Gasteiger partial charge on any atom is -0.346 e. The molecule has 0 saturated carbocycles. The standard InChI is InChI=1S/C13H18N2/c1-9-12-10(6-7-14-9)8-11(15(12)5)13(2,3)4/h6-8H,1-5H3. The van der Waals surface area contributed by atoms with Crippen LogP contribution in [0.4, 0.5) is 0 Å². The number of fused-ring (bicyclic) bond motifs is 1. The minimum absolute atomic E-state index is 0.181. The van der Waals surface area contributed by atoms with Crippen LogP contribution in [0.25, 0.3) is 10.9 Å². The van der Waals surface area contributed by atoms with Gasteiger partial charge in [-0.15, -0.1) is 0 Å². The molecule has 15 heavy (non-hydrogen) atoms. The summed E-state index contributed by atoms with van der Waals surface area (Å²) in [6.07, 6.45) is 1.88. The summed E-state index contributed by atoms with van der Waals surface area (Å²) >= 11 is 0. The van der Waals surface area contributed by atoms with Gasteiger partial charge in [0.05, 0.1) is 11.2 Å². The summed E-state index contributed by atoms with van der Waals surface area (Å²) in [6, 6.07) is 4.35. The smallest absolute Gasteiger partial charge is 0.0696 e. The van der Waals surface area contributed by atoms with Crippen LogP contribution >= 0.6 is 0 Å². The molecule has 0 aliphatic heterocycles. The van der Waals surface area contributed by atoms with E-state index in [2.05, 4.69) is 56.4 Å². The van der Waals surface area contributed by atoms with Crippen molar-refractivity contribution in [1.82, 2.24) is 9.55 Å². The van der Waals surface area contributed by atoms with E-state index >= 15 is 0 Å². The largest absolute Gasteiger partial charge is 0.346 e. The predicted molar refractivity (Wildman–Crippen MR) is 64.2 cm³/mol. The van der Waals surface area contributed by atoms with E-state index in [0.29, 0.717) is 0 Å². The molecule has 2 aromatic rings. The van der Waals surface area contributed by atoms with Gasteiger partial charge >= 0.3 is 0 Å². The fourth-order valence-corrected chi connectivity index (χ4v) is 2.22. The van der Waals surface area contributed by atoms with Crippen LogP contribution in [0.3, 0.4) is 0 Å². The average molecular weight is 202 g/mol. The predicted octanol–water partition coefficient (Wildman–Crippen LogP) is 3.18. The summed E-state index contributed by atoms with van der Waals surface area (Å²) in [7, 11) is 2.12. The van der Waals surface area contributed by atoms with Crippen molar-refractivity contribution >= 4 is 10.9 Å². The lowest BCUT2D eigenvalue weighted by atomic mass is 9.92. The molecule has 0 radical (unpaired) electrons. The SMILES string of the molecule is Cc1nccc2cc(C(C)(C)C)n(C)c12. The third-order valence-corrected chi connectivity index (χ3v) is 2.90. The van der Waals surface area contributed by atoms with Crippen molar-refractivity contribution in [1.29, 1.82) is 0 Å². The lowest BCUT2D eigenvalue weighted by Crippen LogP contribution is -2.15. The number of rotatable bonds is 0. The second-order valence-electron chi connectivity index (χ2n) is 5.17. The van der Waals surface area contributed by atoms with Gasteiger partial charge in [0.2, 0.25) is 0 Å². The number of hydrogen-bond acceptors (Lipinski definition) is 1. The summed E-state index contributed by atoms with van der Waals surface area (Å²) in [5.41, 5.74) is 3.89. The van der Waals surface area contributed by atoms with Crippen molar-refractivity contribution in [2.75, 3.05) is 0 Å². The van der Waals surface area contributed by atoms with E-state index in [9.17, 15) is 0 Å². The maximum Gasteiger partial charge on any atom is 0.0696 e. The second kappa shape index (κ2) is 3.09. The first-order chi connectivity index (χ1) is 6.91. The van der Waals surface area contributed by atoms with Crippen LogP contribution in [0.2, 0.25) is 0 Å². The van der Waals surface area contributed by atoms with Gasteiger partial charge in [0, 0.05) is 29.7 Å². The highest BCUT2D eigenvalue weighted by molar-refractivity contribution is 5.83. The molecule has 0 bridgehead atoms. The number of pyridine rings is 1. The first kappa shape index (κ1) is 10.2. The molecule has 0 aliphatic carbocycles. The molecule has 0 saturated heterocycles. The average Bonchev–Trinajstić information content (AvgIpc) is 2.44. The van der Waals surface area contributed by atoms with Gasteiger partial charge in [-0.1, -0.05) is 20.8 Å². The molecule has 80 valence electrons. The molecule has 0 aromatic carbocycles. The van der Waals surface area contributed by atoms with E-state index in [1.807, 2.05) is 6.20 Å². The third kappa shape index (κ3) is 1.54. The van der Waals surface area contributed by atoms with E-state index in [-0.39, 0.29) is 5.41 Å². The monoisotopic (exact) mass is 202 g/mol. The Bertz CT molecular complexity index is 501. The summed E-state index contributed by atoms with van der Waals surface area (Å²) in [5, 5.41) is 1.29. The van der Waals surface area contributed by atoms with Gasteiger partial charge in [-0.25, -0.2) is 0 Å². The van der Waals surface area contributed by atoms with Crippen molar-refractivity contribution < 1.29 is 0 Å². The van der Waals surface area contributed by atoms with Gasteiger partial charge < -0.3 is 4.57 Å². The summed E-state index contributed by atoms with van der Waals surface area (Å²) < 4.78 is 2.26. The Kier molecular flexibility index (Phi) is 2.10. The lowest BCUT2D eigenvalue weighted by Gasteiger charge is -2.19. The quantitative estimate of drug-likeness (QED) is 0.641. The molecule has 0 spiro atoms. The van der Waals surface area contributed by atoms with Crippen molar-refractivity contribution in [3.05, 3.63) is 29.7 Å². The van der Waals surface area contributed by atoms with Crippen molar-refractivity contribution in [2.24, 2.45) is 7.05 Å². The maximum atomic E-state index is 4.34. The first-order valence-corrected chi connectivity index (χ1v) is 5.33. The van der Waals surface area contributed by atoms with Crippen LogP contribution < -0.4 is 0 Å². The Morgan fingerprint density at radius 3 is 2.47 bits per heavy atom. The van der Waals surface area contributed by atoms with E-state index in [0.717, 1.165) is 5.69 Å². The van der Waals surface area contributed by atoms with Crippen LogP contribution in [0.5, 0.6) is 0 Å². The van der Waals surface area contributed by atoms with Crippen molar-refractivity contribution in [2.45, 2.75) is 33.1 Å². The first-order valence-electron chi connectivity index (χ1n) is 5.33. The van der Waals surface area contributed by atoms with Gasteiger partial charge in [0.1, 0.15) is 0 Å². The Morgan fingerprint density at radius 1 is 1.27 bits per heavy atom. The van der Waals surface area contributed by atoms with Crippen molar-refractivity contribution in [3.63, 3.8) is 0 Å². The van der Waals surface area contributed by atoms with E-state index < -0.39 is 0 Å². The molecule has 0 amide bonds. The van der Waals surface area contributed by atoms with E-state index in [4.69, 9.17) is 0 Å². The number of aromatic nitrogens is 2. The molecule has 2 nitrogen and oxygen atoms in total. The molecular formula is C13H18N2. The Hall–Kier alpha value is -1.31. The van der Waals surface area contributed by atoms with Gasteiger partial charge in [-0.3, -0.25) is 4.98 Å². The zero-order valence-electron chi connectivity index (χ0n) is 10.1. The topological polar surface area (TPSA) is 17.8 Å². The molecule has 0 aliphatic rings. The van der Waals surface area contributed by atoms with Crippen LogP contribution in [0, 0.1) is 6.92 Å². The highest BCUT2D eigenvalue weighted by Gasteiger charge is 2.19. The molecule has 2 rings (SSSR count). The molecule has 2 heteroatoms. The fraction of sp³-hybridized carbons (Fsp3) is 0.462. The fourth-order valence-electron chi connectivity index (χ4n) is 2.22. The number of aryl methyl sites for hydroxylation is 2. The summed E-state index contributed by atoms with van der Waals surface area (Å²) in [4.78, 5) is 4.34. The Labute approximate surface area is 90.9 Å². The number of nitrogens with zero attached hydrogens (tertiary/aromatic N) is 2. The highest BCUT2D eigenvalue weighted by Crippen LogP contribution is 2.29. The van der Waals surface area contributed by atoms with E-state index in [1.165, 1.54) is 16.6 Å². The lowest BCUT2D eigenvalue weighted by molar-refractivity contribution is 0.547. The third-order valence-electron chi connectivity index (χ3n) is 2.90. The molecule has 2 heterocycles. The van der Waals surface area contributed by atoms with E-state index in [1.54, 1.807) is 0 Å². The Morgan fingerprint density at radius 2 is 1.93 bits per heavy atom. The molecule has 0 atom stereocenters. The highest BCUT2D eigenvalue weighted by atomic mass is 15.0. The zero-order chi connectivity index (χ0) is 11.2. The Balaban J connectivity index is 2.82. The van der Waals surface area contributed by atoms with Gasteiger partial charge in [-0.05, 0) is 19.1 Å². The number of hydrogen-bond donors (Lipinski definition) is 0. The van der Waals surface area contributed by atoms with Crippen LogP contribution in [0.15, 0.2) is 18.3 Å². The summed E-state index contributed by atoms with van der Waals surface area (Å²) in [5.74, 6) is 0. The van der Waals surface area contributed by atoms with Gasteiger partial charge in [-0.2, -0.15) is 0 Å². The molecule has 0 unspecified atom stereocenters. The minimum atomic E-state index is 0.181. The molecule has 2 aromatic heterocycles. The molecule has 0 fully saturated rings. The zero-order valence-corrected chi connectivity index (χ0v) is 10.1. The molecular weight excluding hydrogens is 184 g/mol. The van der Waals surface area contributed by atoms with Gasteiger partial charge in [0.25, 0.3) is 0 Å². The van der Waals surface area contributed by atoms with Crippen LogP contribution in [-0.4, -0.2) is 9.55 Å². The normalized spacial score (nSPS) is 12.3. The van der Waals surface area contributed by atoms with Crippen molar-refractivity contribution in [3.8, 4) is 0 Å². The summed E-state index contributed by atoms with van der Waals surface area (Å²) in [6.45, 7) is 8.78. The van der Waals surface area contributed by atoms with Crippen LogP contribution in [-0.2, 0) is 12.5 Å². The maximum absolute atomic E-state index is 4.34. The molecule has 0 N–H and O–H groups in total.